The van der Waals surface area contributed by atoms with Crippen LogP contribution in [0.1, 0.15) is 56.3 Å². The number of carbonyl (C=O) groups excluding carboxylic acids is 1. The molecule has 184 valence electrons. The Balaban J connectivity index is 1.25. The van der Waals surface area contributed by atoms with Crippen LogP contribution in [-0.4, -0.2) is 61.2 Å². The summed E-state index contributed by atoms with van der Waals surface area (Å²) in [4.78, 5) is 17.0. The van der Waals surface area contributed by atoms with Gasteiger partial charge < -0.3 is 14.5 Å². The van der Waals surface area contributed by atoms with Gasteiger partial charge in [-0.25, -0.2) is 4.39 Å². The van der Waals surface area contributed by atoms with E-state index in [1.54, 1.807) is 0 Å². The normalized spacial score (nSPS) is 20.8. The Morgan fingerprint density at radius 2 is 1.65 bits per heavy atom. The summed E-state index contributed by atoms with van der Waals surface area (Å²) >= 11 is 0. The third-order valence-electron chi connectivity index (χ3n) is 7.36. The van der Waals surface area contributed by atoms with Crippen LogP contribution < -0.4 is 4.74 Å². The zero-order valence-corrected chi connectivity index (χ0v) is 20.7. The van der Waals surface area contributed by atoms with Gasteiger partial charge in [0.05, 0.1) is 6.61 Å². The van der Waals surface area contributed by atoms with E-state index < -0.39 is 6.17 Å². The predicted octanol–water partition coefficient (Wildman–Crippen LogP) is 6.06. The lowest BCUT2D eigenvalue weighted by Gasteiger charge is -2.32. The second-order valence-electron chi connectivity index (χ2n) is 10.2. The van der Waals surface area contributed by atoms with Crippen LogP contribution in [0.15, 0.2) is 48.5 Å². The lowest BCUT2D eigenvalue weighted by Crippen LogP contribution is -2.39. The molecule has 0 bridgehead atoms. The molecule has 4 nitrogen and oxygen atoms in total. The van der Waals surface area contributed by atoms with Gasteiger partial charge in [-0.2, -0.15) is 0 Å². The summed E-state index contributed by atoms with van der Waals surface area (Å²) in [5.41, 5.74) is 2.98. The van der Waals surface area contributed by atoms with Crippen molar-refractivity contribution in [1.82, 2.24) is 9.80 Å². The summed E-state index contributed by atoms with van der Waals surface area (Å²) in [6, 6.07) is 16.1. The Bertz CT molecular complexity index is 907. The fourth-order valence-electron chi connectivity index (χ4n) is 5.06. The molecule has 2 fully saturated rings. The van der Waals surface area contributed by atoms with Gasteiger partial charge in [0, 0.05) is 25.2 Å². The van der Waals surface area contributed by atoms with Crippen molar-refractivity contribution in [3.63, 3.8) is 0 Å². The summed E-state index contributed by atoms with van der Waals surface area (Å²) in [7, 11) is 0. The minimum atomic E-state index is -0.707. The Morgan fingerprint density at radius 3 is 2.26 bits per heavy atom. The van der Waals surface area contributed by atoms with Gasteiger partial charge in [-0.3, -0.25) is 4.79 Å². The molecule has 2 aromatic carbocycles. The molecule has 34 heavy (non-hydrogen) atoms. The van der Waals surface area contributed by atoms with E-state index >= 15 is 0 Å². The molecule has 2 unspecified atom stereocenters. The number of halogens is 1. The molecule has 2 aliphatic heterocycles. The van der Waals surface area contributed by atoms with E-state index in [2.05, 4.69) is 24.0 Å². The van der Waals surface area contributed by atoms with Crippen LogP contribution in [-0.2, 0) is 0 Å². The molecule has 2 atom stereocenters. The van der Waals surface area contributed by atoms with E-state index in [0.717, 1.165) is 67.9 Å². The highest BCUT2D eigenvalue weighted by molar-refractivity contribution is 5.94. The fourth-order valence-corrected chi connectivity index (χ4v) is 5.06. The molecule has 1 amide bonds. The molecule has 0 saturated carbocycles. The van der Waals surface area contributed by atoms with Gasteiger partial charge in [0.15, 0.2) is 0 Å². The van der Waals surface area contributed by atoms with Crippen LogP contribution in [0.25, 0.3) is 11.1 Å². The molecule has 4 rings (SSSR count). The van der Waals surface area contributed by atoms with Crippen molar-refractivity contribution in [2.75, 3.05) is 39.3 Å². The lowest BCUT2D eigenvalue weighted by molar-refractivity contribution is 0.0683. The Hall–Kier alpha value is -2.40. The SMILES string of the molecule is CCC(F)CN1CCC(COc2ccc(-c3ccc(C(=O)N4CCCC(C)C4)cc3)cc2)CC1. The highest BCUT2D eigenvalue weighted by Crippen LogP contribution is 2.25. The van der Waals surface area contributed by atoms with Crippen molar-refractivity contribution in [1.29, 1.82) is 0 Å². The second-order valence-corrected chi connectivity index (χ2v) is 10.2. The molecular formula is C29H39FN2O2. The van der Waals surface area contributed by atoms with Crippen LogP contribution in [0.5, 0.6) is 5.75 Å². The molecular weight excluding hydrogens is 427 g/mol. The first kappa shape index (κ1) is 24.7. The number of piperidine rings is 2. The number of rotatable bonds is 8. The summed E-state index contributed by atoms with van der Waals surface area (Å²) in [6.45, 7) is 9.05. The van der Waals surface area contributed by atoms with Gasteiger partial charge in [-0.15, -0.1) is 0 Å². The Labute approximate surface area is 204 Å². The van der Waals surface area contributed by atoms with E-state index in [0.29, 0.717) is 31.4 Å². The molecule has 2 saturated heterocycles. The fraction of sp³-hybridized carbons (Fsp3) is 0.552. The van der Waals surface area contributed by atoms with Crippen molar-refractivity contribution in [3.8, 4) is 16.9 Å². The first-order valence-electron chi connectivity index (χ1n) is 13.0. The smallest absolute Gasteiger partial charge is 0.253 e. The number of nitrogens with zero attached hydrogens (tertiary/aromatic N) is 2. The van der Waals surface area contributed by atoms with E-state index in [4.69, 9.17) is 4.74 Å². The zero-order chi connectivity index (χ0) is 23.9. The largest absolute Gasteiger partial charge is 0.493 e. The average Bonchev–Trinajstić information content (AvgIpc) is 2.88. The number of likely N-dealkylation sites (tertiary alicyclic amines) is 2. The van der Waals surface area contributed by atoms with Gasteiger partial charge in [-0.05, 0) is 92.4 Å². The minimum Gasteiger partial charge on any atom is -0.493 e. The van der Waals surface area contributed by atoms with Crippen molar-refractivity contribution in [2.45, 2.75) is 52.1 Å². The summed E-state index contributed by atoms with van der Waals surface area (Å²) in [6.07, 6.45) is 4.32. The summed E-state index contributed by atoms with van der Waals surface area (Å²) in [5, 5.41) is 0. The van der Waals surface area contributed by atoms with Crippen molar-refractivity contribution in [2.24, 2.45) is 11.8 Å². The van der Waals surface area contributed by atoms with E-state index in [1.807, 2.05) is 48.2 Å². The van der Waals surface area contributed by atoms with E-state index in [-0.39, 0.29) is 5.91 Å². The molecule has 0 spiro atoms. The van der Waals surface area contributed by atoms with E-state index in [9.17, 15) is 9.18 Å². The summed E-state index contributed by atoms with van der Waals surface area (Å²) < 4.78 is 19.7. The maximum atomic E-state index is 13.6. The molecule has 2 heterocycles. The minimum absolute atomic E-state index is 0.141. The highest BCUT2D eigenvalue weighted by atomic mass is 19.1. The number of alkyl halides is 1. The highest BCUT2D eigenvalue weighted by Gasteiger charge is 2.23. The molecule has 0 radical (unpaired) electrons. The van der Waals surface area contributed by atoms with Crippen LogP contribution in [0.4, 0.5) is 4.39 Å². The quantitative estimate of drug-likeness (QED) is 0.474. The van der Waals surface area contributed by atoms with Crippen molar-refractivity contribution < 1.29 is 13.9 Å². The number of hydrogen-bond donors (Lipinski definition) is 0. The third-order valence-corrected chi connectivity index (χ3v) is 7.36. The topological polar surface area (TPSA) is 32.8 Å². The zero-order valence-electron chi connectivity index (χ0n) is 20.7. The van der Waals surface area contributed by atoms with Crippen molar-refractivity contribution in [3.05, 3.63) is 54.1 Å². The summed E-state index contributed by atoms with van der Waals surface area (Å²) in [5.74, 6) is 2.14. The number of hydrogen-bond acceptors (Lipinski definition) is 3. The number of ether oxygens (including phenoxy) is 1. The third kappa shape index (κ3) is 6.59. The van der Waals surface area contributed by atoms with Gasteiger partial charge in [-0.1, -0.05) is 38.1 Å². The monoisotopic (exact) mass is 466 g/mol. The first-order valence-corrected chi connectivity index (χ1v) is 13.0. The van der Waals surface area contributed by atoms with Crippen LogP contribution in [0.2, 0.25) is 0 Å². The van der Waals surface area contributed by atoms with Gasteiger partial charge in [0.25, 0.3) is 5.91 Å². The van der Waals surface area contributed by atoms with Gasteiger partial charge in [0.1, 0.15) is 11.9 Å². The molecule has 0 aliphatic carbocycles. The maximum Gasteiger partial charge on any atom is 0.253 e. The van der Waals surface area contributed by atoms with Crippen LogP contribution in [0.3, 0.4) is 0 Å². The van der Waals surface area contributed by atoms with E-state index in [1.165, 1.54) is 6.42 Å². The standard InChI is InChI=1S/C29H39FN2O2/c1-3-27(30)20-31-17-14-23(15-18-31)21-34-28-12-10-25(11-13-28)24-6-8-26(9-7-24)29(33)32-16-4-5-22(2)19-32/h6-13,22-23,27H,3-5,14-21H2,1-2H3. The Morgan fingerprint density at radius 1 is 1.00 bits per heavy atom. The molecule has 0 aromatic heterocycles. The molecule has 5 heteroatoms. The second kappa shape index (κ2) is 11.8. The molecule has 2 aromatic rings. The number of carbonyl (C=O) groups is 1. The maximum absolute atomic E-state index is 13.6. The Kier molecular flexibility index (Phi) is 8.60. The van der Waals surface area contributed by atoms with Gasteiger partial charge >= 0.3 is 0 Å². The molecule has 0 N–H and O–H groups in total. The average molecular weight is 467 g/mol. The van der Waals surface area contributed by atoms with Crippen molar-refractivity contribution >= 4 is 5.91 Å². The molecule has 2 aliphatic rings. The number of benzene rings is 2. The van der Waals surface area contributed by atoms with Crippen LogP contribution >= 0.6 is 0 Å². The number of amides is 1. The van der Waals surface area contributed by atoms with Crippen LogP contribution in [0, 0.1) is 11.8 Å². The van der Waals surface area contributed by atoms with Gasteiger partial charge in [0.2, 0.25) is 0 Å². The predicted molar refractivity (Wildman–Crippen MR) is 136 cm³/mol. The first-order chi connectivity index (χ1) is 16.5. The lowest BCUT2D eigenvalue weighted by atomic mass is 9.97.